The lowest BCUT2D eigenvalue weighted by atomic mass is 10.0. The summed E-state index contributed by atoms with van der Waals surface area (Å²) in [7, 11) is -5.91. The Labute approximate surface area is 132 Å². The molecule has 1 saturated heterocycles. The van der Waals surface area contributed by atoms with E-state index in [1.807, 2.05) is 0 Å². The molecule has 0 spiro atoms. The summed E-state index contributed by atoms with van der Waals surface area (Å²) >= 11 is 0. The fraction of sp³-hybridized carbons (Fsp3) is 1.00. The zero-order chi connectivity index (χ0) is 18.1. The predicted octanol–water partition coefficient (Wildman–Crippen LogP) is 2.02. The maximum Gasteiger partial charge on any atom is 0.460 e. The Morgan fingerprint density at radius 2 is 1.17 bits per heavy atom. The number of halogens is 9. The van der Waals surface area contributed by atoms with Crippen molar-refractivity contribution in [3.63, 3.8) is 0 Å². The number of alkyl halides is 9. The van der Waals surface area contributed by atoms with Crippen LogP contribution in [-0.2, 0) is 16.5 Å². The maximum absolute atomic E-state index is 13.7. The second-order valence-corrected chi connectivity index (χ2v) is 9.24. The van der Waals surface area contributed by atoms with Crippen molar-refractivity contribution in [1.29, 1.82) is 0 Å². The van der Waals surface area contributed by atoms with E-state index >= 15 is 0 Å². The molecule has 1 aliphatic rings. The molecule has 17 heteroatoms. The maximum atomic E-state index is 13.7. The summed E-state index contributed by atoms with van der Waals surface area (Å²) in [6, 6.07) is 0. The molecule has 1 heterocycles. The molecule has 0 amide bonds. The zero-order valence-corrected chi connectivity index (χ0v) is 14.6. The molecule has 1 fully saturated rings. The van der Waals surface area contributed by atoms with Gasteiger partial charge in [-0.25, -0.2) is 0 Å². The largest absolute Gasteiger partial charge is 0.460 e. The van der Waals surface area contributed by atoms with Gasteiger partial charge in [0.2, 0.25) is 0 Å². The summed E-state index contributed by atoms with van der Waals surface area (Å²) in [5.41, 5.74) is -2.76. The van der Waals surface area contributed by atoms with Gasteiger partial charge < -0.3 is 16.5 Å². The third-order valence-electron chi connectivity index (χ3n) is 2.52. The third kappa shape index (κ3) is 4.02. The van der Waals surface area contributed by atoms with Gasteiger partial charge in [0.15, 0.2) is 0 Å². The molecule has 4 nitrogen and oxygen atoms in total. The fourth-order valence-corrected chi connectivity index (χ4v) is 6.17. The Hall–Kier alpha value is 0.0775. The Morgan fingerprint density at radius 3 is 1.57 bits per heavy atom. The lowest BCUT2D eigenvalue weighted by Gasteiger charge is -2.37. The van der Waals surface area contributed by atoms with Crippen LogP contribution in [0.3, 0.4) is 0 Å². The number of hydrogen-bond donors (Lipinski definition) is 0. The van der Waals surface area contributed by atoms with Crippen molar-refractivity contribution in [2.45, 2.75) is 36.4 Å². The topological polar surface area (TPSA) is 36.9 Å². The molecule has 0 N–H and O–H groups in total. The highest BCUT2D eigenvalue weighted by Gasteiger charge is 2.83. The van der Waals surface area contributed by atoms with Crippen molar-refractivity contribution in [1.82, 2.24) is 0 Å². The second-order valence-electron chi connectivity index (χ2n) is 3.97. The average molecular weight is 423 g/mol. The Balaban J connectivity index is 3.06. The number of rotatable bonds is 4. The first-order valence-corrected chi connectivity index (χ1v) is 9.08. The van der Waals surface area contributed by atoms with Crippen LogP contribution in [0.2, 0.25) is 5.54 Å². The van der Waals surface area contributed by atoms with E-state index < -0.39 is 68.8 Å². The quantitative estimate of drug-likeness (QED) is 0.512. The summed E-state index contributed by atoms with van der Waals surface area (Å²) < 4.78 is 134. The van der Waals surface area contributed by atoms with Gasteiger partial charge in [0.1, 0.15) is 0 Å². The molecule has 0 bridgehead atoms. The molecule has 7 radical (unpaired) electrons. The molecule has 0 aromatic rings. The molecule has 131 valence electrons. The molecule has 0 aromatic heterocycles. The van der Waals surface area contributed by atoms with E-state index in [2.05, 4.69) is 16.5 Å². The van der Waals surface area contributed by atoms with Crippen LogP contribution < -0.4 is 0 Å². The van der Waals surface area contributed by atoms with Gasteiger partial charge in [-0.15, -0.1) is 0 Å². The Kier molecular flexibility index (Phi) is 6.55. The third-order valence-corrected chi connectivity index (χ3v) is 7.20. The standard InChI is InChI=1S/C6H4F9O4Si4/c1-2(23-18-21-16-20-17-22-19-23)3(7,8)4(9,10)5(11,12)6(13,14)15/h2H,1H3. The summed E-state index contributed by atoms with van der Waals surface area (Å²) in [6.45, 7) is 0.327. The van der Waals surface area contributed by atoms with Crippen LogP contribution in [0.4, 0.5) is 39.5 Å². The van der Waals surface area contributed by atoms with Gasteiger partial charge in [0.25, 0.3) is 0 Å². The van der Waals surface area contributed by atoms with Gasteiger partial charge in [-0.05, 0) is 0 Å². The van der Waals surface area contributed by atoms with Crippen molar-refractivity contribution in [2.24, 2.45) is 0 Å². The van der Waals surface area contributed by atoms with Crippen LogP contribution in [-0.4, -0.2) is 63.2 Å². The predicted molar refractivity (Wildman–Crippen MR) is 57.7 cm³/mol. The highest BCUT2D eigenvalue weighted by atomic mass is 28.4. The lowest BCUT2D eigenvalue weighted by molar-refractivity contribution is -0.396. The lowest BCUT2D eigenvalue weighted by Crippen LogP contribution is -2.63. The van der Waals surface area contributed by atoms with E-state index in [-0.39, 0.29) is 0 Å². The average Bonchev–Trinajstić information content (AvgIpc) is 2.35. The molecule has 1 unspecified atom stereocenters. The first-order chi connectivity index (χ1) is 10.3. The van der Waals surface area contributed by atoms with Crippen molar-refractivity contribution in [3.05, 3.63) is 0 Å². The highest BCUT2D eigenvalue weighted by molar-refractivity contribution is 6.61. The van der Waals surface area contributed by atoms with Crippen LogP contribution in [0.1, 0.15) is 6.92 Å². The molecule has 1 aliphatic heterocycles. The summed E-state index contributed by atoms with van der Waals surface area (Å²) in [5.74, 6) is -19.4. The Bertz CT molecular complexity index is 400. The minimum Gasteiger partial charge on any atom is -0.413 e. The molecule has 0 saturated carbocycles. The molecule has 1 rings (SSSR count). The zero-order valence-electron chi connectivity index (χ0n) is 10.6. The van der Waals surface area contributed by atoms with Gasteiger partial charge in [-0.3, -0.25) is 0 Å². The molecule has 0 aliphatic carbocycles. The smallest absolute Gasteiger partial charge is 0.413 e. The molecular formula is C6H4F9O4Si4. The molecule has 0 aromatic carbocycles. The van der Waals surface area contributed by atoms with Gasteiger partial charge >= 0.3 is 63.2 Å². The van der Waals surface area contributed by atoms with E-state index in [0.29, 0.717) is 6.92 Å². The number of hydrogen-bond acceptors (Lipinski definition) is 4. The van der Waals surface area contributed by atoms with Crippen molar-refractivity contribution in [2.75, 3.05) is 0 Å². The van der Waals surface area contributed by atoms with Crippen LogP contribution in [0, 0.1) is 0 Å². The van der Waals surface area contributed by atoms with E-state index in [4.69, 9.17) is 0 Å². The van der Waals surface area contributed by atoms with E-state index in [1.54, 1.807) is 0 Å². The van der Waals surface area contributed by atoms with Crippen molar-refractivity contribution < 1.29 is 56.0 Å². The second kappa shape index (κ2) is 7.13. The van der Waals surface area contributed by atoms with Crippen molar-refractivity contribution >= 4 is 39.3 Å². The molecule has 23 heavy (non-hydrogen) atoms. The van der Waals surface area contributed by atoms with E-state index in [0.717, 1.165) is 0 Å². The first kappa shape index (κ1) is 21.1. The van der Waals surface area contributed by atoms with Crippen LogP contribution >= 0.6 is 0 Å². The van der Waals surface area contributed by atoms with Gasteiger partial charge in [-0.2, -0.15) is 39.5 Å². The van der Waals surface area contributed by atoms with Crippen molar-refractivity contribution in [3.8, 4) is 0 Å². The van der Waals surface area contributed by atoms with Gasteiger partial charge in [0, 0.05) is 0 Å². The minimum absolute atomic E-state index is 0.327. The van der Waals surface area contributed by atoms with Gasteiger partial charge in [0.05, 0.1) is 5.54 Å². The highest BCUT2D eigenvalue weighted by Crippen LogP contribution is 2.56. The monoisotopic (exact) mass is 423 g/mol. The molecule has 1 atom stereocenters. The summed E-state index contributed by atoms with van der Waals surface area (Å²) in [6.07, 6.45) is -6.86. The summed E-state index contributed by atoms with van der Waals surface area (Å²) in [5, 5.41) is 0. The first-order valence-electron chi connectivity index (χ1n) is 5.24. The normalized spacial score (nSPS) is 21.7. The van der Waals surface area contributed by atoms with E-state index in [1.165, 1.54) is 0 Å². The van der Waals surface area contributed by atoms with E-state index in [9.17, 15) is 39.5 Å². The Morgan fingerprint density at radius 1 is 0.739 bits per heavy atom. The van der Waals surface area contributed by atoms with Crippen LogP contribution in [0.5, 0.6) is 0 Å². The SMILES string of the molecule is CC([Si]1O[Si]O[Si]O[Si]O1)C(F)(F)C(F)(F)C(F)(F)C(F)(F)F. The molecular weight excluding hydrogens is 419 g/mol. The minimum atomic E-state index is -6.94. The summed E-state index contributed by atoms with van der Waals surface area (Å²) in [4.78, 5) is 0. The fourth-order valence-electron chi connectivity index (χ4n) is 1.18. The van der Waals surface area contributed by atoms with Crippen LogP contribution in [0.15, 0.2) is 0 Å². The van der Waals surface area contributed by atoms with Gasteiger partial charge in [-0.1, -0.05) is 6.92 Å². The van der Waals surface area contributed by atoms with Crippen LogP contribution in [0.25, 0.3) is 0 Å².